The van der Waals surface area contributed by atoms with Crippen LogP contribution in [0.15, 0.2) is 48.5 Å². The Bertz CT molecular complexity index is 673. The van der Waals surface area contributed by atoms with Crippen molar-refractivity contribution < 1.29 is 24.6 Å². The third-order valence-corrected chi connectivity index (χ3v) is 3.43. The second-order valence-electron chi connectivity index (χ2n) is 4.94. The van der Waals surface area contributed by atoms with Crippen LogP contribution in [-0.2, 0) is 11.3 Å². The summed E-state index contributed by atoms with van der Waals surface area (Å²) < 4.78 is 10.5. The van der Waals surface area contributed by atoms with Crippen LogP contribution < -0.4 is 9.47 Å². The quantitative estimate of drug-likeness (QED) is 0.826. The minimum atomic E-state index is -1.19. The molecule has 1 heterocycles. The maximum absolute atomic E-state index is 11.6. The van der Waals surface area contributed by atoms with Crippen molar-refractivity contribution in [1.82, 2.24) is 5.06 Å². The highest BCUT2D eigenvalue weighted by molar-refractivity contribution is 5.75. The molecule has 0 aliphatic carbocycles. The van der Waals surface area contributed by atoms with Crippen molar-refractivity contribution in [2.45, 2.75) is 12.6 Å². The lowest BCUT2D eigenvalue weighted by Crippen LogP contribution is -2.31. The van der Waals surface area contributed by atoms with E-state index in [0.29, 0.717) is 17.1 Å². The normalized spacial score (nSPS) is 14.1. The van der Waals surface area contributed by atoms with Crippen LogP contribution in [0, 0.1) is 0 Å². The van der Waals surface area contributed by atoms with E-state index < -0.39 is 12.0 Å². The summed E-state index contributed by atoms with van der Waals surface area (Å²) in [5, 5.41) is 20.5. The number of benzene rings is 2. The number of fused-ring (bicyclic) bond motifs is 1. The van der Waals surface area contributed by atoms with Crippen LogP contribution in [0.1, 0.15) is 17.2 Å². The summed E-state index contributed by atoms with van der Waals surface area (Å²) in [6.07, 6.45) is 0. The van der Waals surface area contributed by atoms with Crippen LogP contribution in [-0.4, -0.2) is 28.1 Å². The lowest BCUT2D eigenvalue weighted by molar-refractivity contribution is -0.174. The van der Waals surface area contributed by atoms with E-state index in [4.69, 9.17) is 9.47 Å². The first-order valence-electron chi connectivity index (χ1n) is 6.77. The molecule has 1 aliphatic heterocycles. The maximum Gasteiger partial charge on any atom is 0.327 e. The Morgan fingerprint density at radius 3 is 2.59 bits per heavy atom. The highest BCUT2D eigenvalue weighted by Crippen LogP contribution is 2.35. The lowest BCUT2D eigenvalue weighted by atomic mass is 10.1. The molecule has 22 heavy (non-hydrogen) atoms. The molecule has 0 aromatic heterocycles. The minimum Gasteiger partial charge on any atom is -0.480 e. The number of hydrogen-bond acceptors (Lipinski definition) is 5. The van der Waals surface area contributed by atoms with Gasteiger partial charge < -0.3 is 19.8 Å². The van der Waals surface area contributed by atoms with Gasteiger partial charge in [0.15, 0.2) is 17.5 Å². The van der Waals surface area contributed by atoms with Crippen molar-refractivity contribution in [3.8, 4) is 11.5 Å². The summed E-state index contributed by atoms with van der Waals surface area (Å²) in [5.74, 6) is -0.0883. The van der Waals surface area contributed by atoms with Crippen LogP contribution in [0.3, 0.4) is 0 Å². The molecule has 1 atom stereocenters. The Hall–Kier alpha value is -2.57. The zero-order chi connectivity index (χ0) is 15.5. The van der Waals surface area contributed by atoms with Crippen molar-refractivity contribution >= 4 is 5.97 Å². The number of hydroxylamine groups is 2. The number of ether oxygens (including phenoxy) is 2. The number of carboxylic acid groups (broad SMARTS) is 1. The monoisotopic (exact) mass is 301 g/mol. The molecule has 6 heteroatoms. The molecular formula is C16H15NO5. The van der Waals surface area contributed by atoms with E-state index in [1.807, 2.05) is 30.3 Å². The summed E-state index contributed by atoms with van der Waals surface area (Å²) >= 11 is 0. The summed E-state index contributed by atoms with van der Waals surface area (Å²) in [7, 11) is 0. The van der Waals surface area contributed by atoms with E-state index >= 15 is 0 Å². The van der Waals surface area contributed by atoms with Crippen molar-refractivity contribution in [3.05, 3.63) is 59.7 Å². The van der Waals surface area contributed by atoms with Gasteiger partial charge in [-0.1, -0.05) is 36.4 Å². The number of rotatable bonds is 5. The van der Waals surface area contributed by atoms with Gasteiger partial charge in [0.2, 0.25) is 6.79 Å². The molecule has 0 bridgehead atoms. The highest BCUT2D eigenvalue weighted by atomic mass is 16.7. The Morgan fingerprint density at radius 2 is 1.86 bits per heavy atom. The van der Waals surface area contributed by atoms with Crippen LogP contribution >= 0.6 is 0 Å². The molecule has 2 N–H and O–H groups in total. The Balaban J connectivity index is 1.84. The fraction of sp³-hybridized carbons (Fsp3) is 0.188. The SMILES string of the molecule is O=C(O)C(c1ccc2c(c1)OCO2)N(O)Cc1ccccc1. The zero-order valence-electron chi connectivity index (χ0n) is 11.7. The first kappa shape index (κ1) is 14.4. The van der Waals surface area contributed by atoms with Crippen molar-refractivity contribution in [1.29, 1.82) is 0 Å². The van der Waals surface area contributed by atoms with Gasteiger partial charge in [-0.3, -0.25) is 4.79 Å². The molecule has 0 saturated carbocycles. The molecule has 1 unspecified atom stereocenters. The minimum absolute atomic E-state index is 0.103. The molecule has 0 radical (unpaired) electrons. The smallest absolute Gasteiger partial charge is 0.327 e. The average molecular weight is 301 g/mol. The van der Waals surface area contributed by atoms with Crippen LogP contribution in [0.5, 0.6) is 11.5 Å². The second kappa shape index (κ2) is 6.05. The van der Waals surface area contributed by atoms with Crippen LogP contribution in [0.2, 0.25) is 0 Å². The van der Waals surface area contributed by atoms with Gasteiger partial charge in [0.05, 0.1) is 6.54 Å². The maximum atomic E-state index is 11.6. The van der Waals surface area contributed by atoms with Crippen molar-refractivity contribution in [3.63, 3.8) is 0 Å². The van der Waals surface area contributed by atoms with Crippen molar-refractivity contribution in [2.24, 2.45) is 0 Å². The Labute approximate surface area is 127 Å². The number of carbonyl (C=O) groups is 1. The first-order chi connectivity index (χ1) is 10.6. The topological polar surface area (TPSA) is 79.2 Å². The van der Waals surface area contributed by atoms with E-state index in [0.717, 1.165) is 10.6 Å². The van der Waals surface area contributed by atoms with E-state index in [1.54, 1.807) is 18.2 Å². The lowest BCUT2D eigenvalue weighted by Gasteiger charge is -2.23. The molecule has 3 rings (SSSR count). The van der Waals surface area contributed by atoms with Gasteiger partial charge in [0.1, 0.15) is 0 Å². The molecule has 0 saturated heterocycles. The number of carboxylic acids is 1. The number of nitrogens with zero attached hydrogens (tertiary/aromatic N) is 1. The predicted octanol–water partition coefficient (Wildman–Crippen LogP) is 2.43. The second-order valence-corrected chi connectivity index (χ2v) is 4.94. The fourth-order valence-corrected chi connectivity index (χ4v) is 2.39. The van der Waals surface area contributed by atoms with Crippen LogP contribution in [0.25, 0.3) is 0 Å². The Kier molecular flexibility index (Phi) is 3.95. The zero-order valence-corrected chi connectivity index (χ0v) is 11.7. The molecule has 0 spiro atoms. The first-order valence-corrected chi connectivity index (χ1v) is 6.77. The summed E-state index contributed by atoms with van der Waals surface area (Å²) in [6.45, 7) is 0.218. The molecule has 2 aromatic rings. The highest BCUT2D eigenvalue weighted by Gasteiger charge is 2.28. The molecule has 1 aliphatic rings. The number of hydrogen-bond donors (Lipinski definition) is 2. The van der Waals surface area contributed by atoms with Gasteiger partial charge in [-0.2, -0.15) is 5.06 Å². The molecular weight excluding hydrogens is 286 g/mol. The van der Waals surface area contributed by atoms with Crippen LogP contribution in [0.4, 0.5) is 0 Å². The van der Waals surface area contributed by atoms with E-state index in [1.165, 1.54) is 0 Å². The number of aliphatic carboxylic acids is 1. The fourth-order valence-electron chi connectivity index (χ4n) is 2.39. The van der Waals surface area contributed by atoms with Gasteiger partial charge in [-0.15, -0.1) is 0 Å². The summed E-state index contributed by atoms with van der Waals surface area (Å²) in [5.41, 5.74) is 1.24. The third kappa shape index (κ3) is 2.88. The molecule has 6 nitrogen and oxygen atoms in total. The predicted molar refractivity (Wildman–Crippen MR) is 76.7 cm³/mol. The Morgan fingerprint density at radius 1 is 1.14 bits per heavy atom. The molecule has 0 amide bonds. The van der Waals surface area contributed by atoms with E-state index in [-0.39, 0.29) is 13.3 Å². The van der Waals surface area contributed by atoms with Gasteiger partial charge >= 0.3 is 5.97 Å². The van der Waals surface area contributed by atoms with Gasteiger partial charge in [-0.05, 0) is 23.3 Å². The van der Waals surface area contributed by atoms with Gasteiger partial charge in [-0.25, -0.2) is 0 Å². The van der Waals surface area contributed by atoms with E-state index in [9.17, 15) is 15.1 Å². The summed E-state index contributed by atoms with van der Waals surface area (Å²) in [6, 6.07) is 12.8. The summed E-state index contributed by atoms with van der Waals surface area (Å²) in [4.78, 5) is 11.6. The molecule has 114 valence electrons. The largest absolute Gasteiger partial charge is 0.480 e. The van der Waals surface area contributed by atoms with E-state index in [2.05, 4.69) is 0 Å². The average Bonchev–Trinajstić information content (AvgIpc) is 2.95. The van der Waals surface area contributed by atoms with Crippen molar-refractivity contribution in [2.75, 3.05) is 6.79 Å². The third-order valence-electron chi connectivity index (χ3n) is 3.43. The van der Waals surface area contributed by atoms with Gasteiger partial charge in [0.25, 0.3) is 0 Å². The standard InChI is InChI=1S/C16H15NO5/c18-16(19)15(17(20)9-11-4-2-1-3-5-11)12-6-7-13-14(8-12)22-10-21-13/h1-8,15,20H,9-10H2,(H,18,19). The molecule has 0 fully saturated rings. The van der Waals surface area contributed by atoms with Gasteiger partial charge in [0, 0.05) is 0 Å². The molecule has 2 aromatic carbocycles.